The van der Waals surface area contributed by atoms with Crippen LogP contribution in [-0.2, 0) is 0 Å². The zero-order valence-corrected chi connectivity index (χ0v) is 11.6. The van der Waals surface area contributed by atoms with Gasteiger partial charge in [0.1, 0.15) is 0 Å². The Morgan fingerprint density at radius 1 is 1.05 bits per heavy atom. The molecule has 0 unspecified atom stereocenters. The largest absolute Gasteiger partial charge is 0.399 e. The second-order valence-corrected chi connectivity index (χ2v) is 4.83. The smallest absolute Gasteiger partial charge is 0.278 e. The number of pyridine rings is 1. The lowest BCUT2D eigenvalue weighted by Crippen LogP contribution is -1.94. The molecule has 0 amide bonds. The second kappa shape index (κ2) is 5.65. The molecule has 3 aromatic rings. The van der Waals surface area contributed by atoms with Crippen LogP contribution in [0.5, 0.6) is 0 Å². The number of nitrogens with two attached hydrogens (primary N) is 1. The fourth-order valence-corrected chi connectivity index (χ4v) is 2.30. The summed E-state index contributed by atoms with van der Waals surface area (Å²) < 4.78 is 0. The summed E-state index contributed by atoms with van der Waals surface area (Å²) in [5, 5.41) is 12.1. The monoisotopic (exact) mass is 291 g/mol. The van der Waals surface area contributed by atoms with E-state index in [2.05, 4.69) is 4.98 Å². The molecule has 0 saturated carbocycles. The molecule has 22 heavy (non-hydrogen) atoms. The number of nitrogen functional groups attached to an aromatic ring is 1. The van der Waals surface area contributed by atoms with Crippen molar-refractivity contribution in [3.8, 4) is 0 Å². The van der Waals surface area contributed by atoms with E-state index in [4.69, 9.17) is 5.73 Å². The van der Waals surface area contributed by atoms with E-state index < -0.39 is 4.92 Å². The molecule has 1 heterocycles. The summed E-state index contributed by atoms with van der Waals surface area (Å²) in [5.74, 6) is 0. The fraction of sp³-hybridized carbons (Fsp3) is 0. The summed E-state index contributed by atoms with van der Waals surface area (Å²) in [7, 11) is 0. The quantitative estimate of drug-likeness (QED) is 0.451. The molecule has 0 aliphatic rings. The Balaban J connectivity index is 2.06. The number of rotatable bonds is 3. The number of hydrogen-bond donors (Lipinski definition) is 1. The maximum absolute atomic E-state index is 11.1. The Morgan fingerprint density at radius 2 is 1.82 bits per heavy atom. The first-order valence-electron chi connectivity index (χ1n) is 6.71. The average molecular weight is 291 g/mol. The van der Waals surface area contributed by atoms with E-state index in [0.29, 0.717) is 11.3 Å². The van der Waals surface area contributed by atoms with Gasteiger partial charge in [-0.1, -0.05) is 24.3 Å². The van der Waals surface area contributed by atoms with Crippen LogP contribution >= 0.6 is 0 Å². The number of nitro groups is 1. The first kappa shape index (κ1) is 13.8. The van der Waals surface area contributed by atoms with Crippen molar-refractivity contribution in [3.05, 3.63) is 76.0 Å². The standard InChI is InChI=1S/C17H13N3O2/c18-14-8-7-13(17(11-14)20(21)22)6-5-12-9-10-19-16-4-2-1-3-15(12)16/h1-11H,18H2/b6-5-. The third-order valence-corrected chi connectivity index (χ3v) is 3.38. The molecule has 2 aromatic carbocycles. The van der Waals surface area contributed by atoms with E-state index in [0.717, 1.165) is 16.5 Å². The Kier molecular flexibility index (Phi) is 3.53. The number of anilines is 1. The van der Waals surface area contributed by atoms with Crippen molar-refractivity contribution in [1.82, 2.24) is 4.98 Å². The molecule has 2 N–H and O–H groups in total. The van der Waals surface area contributed by atoms with E-state index >= 15 is 0 Å². The topological polar surface area (TPSA) is 82.0 Å². The number of fused-ring (bicyclic) bond motifs is 1. The molecule has 1 aromatic heterocycles. The molecular formula is C17H13N3O2. The number of hydrogen-bond acceptors (Lipinski definition) is 4. The minimum Gasteiger partial charge on any atom is -0.399 e. The van der Waals surface area contributed by atoms with Crippen molar-refractivity contribution in [3.63, 3.8) is 0 Å². The molecule has 0 bridgehead atoms. The van der Waals surface area contributed by atoms with Crippen molar-refractivity contribution in [2.45, 2.75) is 0 Å². The molecule has 5 heteroatoms. The van der Waals surface area contributed by atoms with Gasteiger partial charge in [0.25, 0.3) is 5.69 Å². The Labute approximate surface area is 126 Å². The lowest BCUT2D eigenvalue weighted by Gasteiger charge is -2.02. The van der Waals surface area contributed by atoms with Crippen LogP contribution in [0.15, 0.2) is 54.7 Å². The number of nitrogens with zero attached hydrogens (tertiary/aromatic N) is 2. The minimum absolute atomic E-state index is 0.00499. The van der Waals surface area contributed by atoms with Crippen LogP contribution in [0.3, 0.4) is 0 Å². The lowest BCUT2D eigenvalue weighted by molar-refractivity contribution is -0.385. The first-order valence-corrected chi connectivity index (χ1v) is 6.71. The van der Waals surface area contributed by atoms with Gasteiger partial charge in [-0.25, -0.2) is 0 Å². The molecule has 108 valence electrons. The normalized spacial score (nSPS) is 11.1. The van der Waals surface area contributed by atoms with E-state index in [1.807, 2.05) is 36.4 Å². The summed E-state index contributed by atoms with van der Waals surface area (Å²) in [4.78, 5) is 15.0. The molecule has 0 spiro atoms. The van der Waals surface area contributed by atoms with Gasteiger partial charge in [-0.15, -0.1) is 0 Å². The van der Waals surface area contributed by atoms with Gasteiger partial charge >= 0.3 is 0 Å². The number of para-hydroxylation sites is 1. The molecule has 0 saturated heterocycles. The van der Waals surface area contributed by atoms with Gasteiger partial charge in [0, 0.05) is 23.3 Å². The summed E-state index contributed by atoms with van der Waals surface area (Å²) in [6, 6.07) is 14.3. The highest BCUT2D eigenvalue weighted by Crippen LogP contribution is 2.25. The highest BCUT2D eigenvalue weighted by Gasteiger charge is 2.11. The minimum atomic E-state index is -0.430. The first-order chi connectivity index (χ1) is 10.6. The summed E-state index contributed by atoms with van der Waals surface area (Å²) in [6.45, 7) is 0. The van der Waals surface area contributed by atoms with Crippen molar-refractivity contribution in [1.29, 1.82) is 0 Å². The molecule has 3 rings (SSSR count). The SMILES string of the molecule is Nc1ccc(/C=C\c2ccnc3ccccc23)c([N+](=O)[O-])c1. The summed E-state index contributed by atoms with van der Waals surface area (Å²) in [6.07, 6.45) is 5.29. The van der Waals surface area contributed by atoms with Crippen LogP contribution in [0.25, 0.3) is 23.1 Å². The zero-order chi connectivity index (χ0) is 15.5. The molecule has 0 aliphatic heterocycles. The maximum Gasteiger partial charge on any atom is 0.278 e. The van der Waals surface area contributed by atoms with E-state index in [1.165, 1.54) is 6.07 Å². The lowest BCUT2D eigenvalue weighted by atomic mass is 10.1. The Morgan fingerprint density at radius 3 is 2.64 bits per heavy atom. The molecule has 0 fully saturated rings. The van der Waals surface area contributed by atoms with Gasteiger partial charge < -0.3 is 5.73 Å². The molecule has 0 radical (unpaired) electrons. The summed E-state index contributed by atoms with van der Waals surface area (Å²) >= 11 is 0. The fourth-order valence-electron chi connectivity index (χ4n) is 2.30. The third kappa shape index (κ3) is 2.64. The van der Waals surface area contributed by atoms with Crippen LogP contribution in [0, 0.1) is 10.1 Å². The van der Waals surface area contributed by atoms with E-state index in [1.54, 1.807) is 24.4 Å². The van der Waals surface area contributed by atoms with Gasteiger partial charge in [0.2, 0.25) is 0 Å². The molecule has 0 atom stereocenters. The molecule has 0 aliphatic carbocycles. The van der Waals surface area contributed by atoms with Crippen molar-refractivity contribution >= 4 is 34.4 Å². The van der Waals surface area contributed by atoms with Crippen LogP contribution < -0.4 is 5.73 Å². The number of aromatic nitrogens is 1. The van der Waals surface area contributed by atoms with Gasteiger partial charge in [0.15, 0.2) is 0 Å². The molecular weight excluding hydrogens is 278 g/mol. The number of benzene rings is 2. The summed E-state index contributed by atoms with van der Waals surface area (Å²) in [5.41, 5.74) is 8.33. The highest BCUT2D eigenvalue weighted by atomic mass is 16.6. The Hall–Kier alpha value is -3.21. The van der Waals surface area contributed by atoms with Gasteiger partial charge in [0.05, 0.1) is 16.0 Å². The van der Waals surface area contributed by atoms with E-state index in [-0.39, 0.29) is 5.69 Å². The van der Waals surface area contributed by atoms with E-state index in [9.17, 15) is 10.1 Å². The zero-order valence-electron chi connectivity index (χ0n) is 11.6. The highest BCUT2D eigenvalue weighted by molar-refractivity contribution is 5.91. The predicted octanol–water partition coefficient (Wildman–Crippen LogP) is 3.90. The van der Waals surface area contributed by atoms with Crippen LogP contribution in [0.1, 0.15) is 11.1 Å². The van der Waals surface area contributed by atoms with Crippen LogP contribution in [-0.4, -0.2) is 9.91 Å². The van der Waals surface area contributed by atoms with Gasteiger partial charge in [-0.2, -0.15) is 0 Å². The van der Waals surface area contributed by atoms with Gasteiger partial charge in [-0.05, 0) is 35.9 Å². The predicted molar refractivity (Wildman–Crippen MR) is 88.2 cm³/mol. The van der Waals surface area contributed by atoms with Crippen LogP contribution in [0.2, 0.25) is 0 Å². The third-order valence-electron chi connectivity index (χ3n) is 3.38. The Bertz CT molecular complexity index is 883. The average Bonchev–Trinajstić information content (AvgIpc) is 2.53. The van der Waals surface area contributed by atoms with Crippen molar-refractivity contribution in [2.75, 3.05) is 5.73 Å². The van der Waals surface area contributed by atoms with Crippen molar-refractivity contribution < 1.29 is 4.92 Å². The van der Waals surface area contributed by atoms with Crippen molar-refractivity contribution in [2.24, 2.45) is 0 Å². The number of nitro benzene ring substituents is 1. The molecule has 5 nitrogen and oxygen atoms in total. The van der Waals surface area contributed by atoms with Gasteiger partial charge in [-0.3, -0.25) is 15.1 Å². The van der Waals surface area contributed by atoms with Crippen LogP contribution in [0.4, 0.5) is 11.4 Å². The second-order valence-electron chi connectivity index (χ2n) is 4.83. The maximum atomic E-state index is 11.1.